The highest BCUT2D eigenvalue weighted by molar-refractivity contribution is 5.84. The Kier molecular flexibility index (Phi) is 4.22. The highest BCUT2D eigenvalue weighted by atomic mass is 16.5. The average Bonchev–Trinajstić information content (AvgIpc) is 2.77. The Bertz CT molecular complexity index is 574. The third-order valence-electron chi connectivity index (χ3n) is 3.12. The van der Waals surface area contributed by atoms with Gasteiger partial charge in [-0.3, -0.25) is 4.79 Å². The summed E-state index contributed by atoms with van der Waals surface area (Å²) in [4.78, 5) is 11.6. The van der Waals surface area contributed by atoms with Gasteiger partial charge < -0.3 is 14.9 Å². The van der Waals surface area contributed by atoms with E-state index < -0.39 is 6.04 Å². The molecule has 1 unspecified atom stereocenters. The molecule has 0 aliphatic heterocycles. The quantitative estimate of drug-likeness (QED) is 0.839. The van der Waals surface area contributed by atoms with Gasteiger partial charge in [0.2, 0.25) is 0 Å². The summed E-state index contributed by atoms with van der Waals surface area (Å²) in [5.74, 6) is 0.524. The first-order valence-electron chi connectivity index (χ1n) is 6.58. The topological polar surface area (TPSA) is 65.5 Å². The predicted octanol–water partition coefficient (Wildman–Crippen LogP) is 2.43. The lowest BCUT2D eigenvalue weighted by atomic mass is 10.0. The van der Waals surface area contributed by atoms with E-state index in [1.807, 2.05) is 31.2 Å². The zero-order chi connectivity index (χ0) is 13.8. The van der Waals surface area contributed by atoms with E-state index in [1.165, 1.54) is 0 Å². The van der Waals surface area contributed by atoms with Crippen molar-refractivity contribution < 1.29 is 13.9 Å². The summed E-state index contributed by atoms with van der Waals surface area (Å²) in [5, 5.41) is 1.03. The van der Waals surface area contributed by atoms with E-state index >= 15 is 0 Å². The Hall–Kier alpha value is -1.81. The first kappa shape index (κ1) is 13.6. The van der Waals surface area contributed by atoms with E-state index in [1.54, 1.807) is 6.92 Å². The summed E-state index contributed by atoms with van der Waals surface area (Å²) in [6, 6.07) is 7.15. The molecule has 1 heterocycles. The number of rotatable bonds is 5. The van der Waals surface area contributed by atoms with E-state index in [4.69, 9.17) is 14.9 Å². The first-order valence-corrected chi connectivity index (χ1v) is 6.58. The van der Waals surface area contributed by atoms with Crippen molar-refractivity contribution in [2.24, 2.45) is 5.73 Å². The van der Waals surface area contributed by atoms with Crippen molar-refractivity contribution in [2.75, 3.05) is 6.61 Å². The van der Waals surface area contributed by atoms with Gasteiger partial charge in [-0.2, -0.15) is 0 Å². The van der Waals surface area contributed by atoms with E-state index in [9.17, 15) is 4.79 Å². The maximum atomic E-state index is 11.6. The van der Waals surface area contributed by atoms with Crippen LogP contribution >= 0.6 is 0 Å². The highest BCUT2D eigenvalue weighted by Gasteiger charge is 2.20. The molecule has 0 aliphatic carbocycles. The van der Waals surface area contributed by atoms with Gasteiger partial charge in [0.15, 0.2) is 0 Å². The van der Waals surface area contributed by atoms with Crippen LogP contribution in [0, 0.1) is 0 Å². The third kappa shape index (κ3) is 2.79. The summed E-state index contributed by atoms with van der Waals surface area (Å²) >= 11 is 0. The number of ether oxygens (including phenoxy) is 1. The lowest BCUT2D eigenvalue weighted by molar-refractivity contribution is -0.144. The molecule has 4 heteroatoms. The fourth-order valence-electron chi connectivity index (χ4n) is 2.21. The van der Waals surface area contributed by atoms with E-state index in [0.717, 1.165) is 28.7 Å². The lowest BCUT2D eigenvalue weighted by Gasteiger charge is -2.10. The number of esters is 1. The van der Waals surface area contributed by atoms with E-state index in [0.29, 0.717) is 13.0 Å². The third-order valence-corrected chi connectivity index (χ3v) is 3.12. The van der Waals surface area contributed by atoms with Gasteiger partial charge in [0, 0.05) is 23.8 Å². The molecule has 0 amide bonds. The molecular weight excluding hydrogens is 242 g/mol. The maximum Gasteiger partial charge on any atom is 0.323 e. The fraction of sp³-hybridized carbons (Fsp3) is 0.400. The normalized spacial score (nSPS) is 12.6. The van der Waals surface area contributed by atoms with Crippen LogP contribution in [0.5, 0.6) is 0 Å². The number of furan rings is 1. The monoisotopic (exact) mass is 261 g/mol. The number of carbonyl (C=O) groups excluding carboxylic acids is 1. The molecular formula is C15H19NO3. The second-order valence-electron chi connectivity index (χ2n) is 4.42. The van der Waals surface area contributed by atoms with Crippen LogP contribution in [0.4, 0.5) is 0 Å². The van der Waals surface area contributed by atoms with Crippen molar-refractivity contribution in [2.45, 2.75) is 32.7 Å². The summed E-state index contributed by atoms with van der Waals surface area (Å²) in [6.45, 7) is 4.14. The van der Waals surface area contributed by atoms with Gasteiger partial charge in [-0.1, -0.05) is 25.1 Å². The second-order valence-corrected chi connectivity index (χ2v) is 4.42. The maximum absolute atomic E-state index is 11.6. The number of carbonyl (C=O) groups is 1. The van der Waals surface area contributed by atoms with Crippen LogP contribution in [0.2, 0.25) is 0 Å². The molecule has 102 valence electrons. The fourth-order valence-corrected chi connectivity index (χ4v) is 2.21. The molecule has 2 rings (SSSR count). The summed E-state index contributed by atoms with van der Waals surface area (Å²) in [6.07, 6.45) is 1.22. The Morgan fingerprint density at radius 1 is 1.37 bits per heavy atom. The van der Waals surface area contributed by atoms with Crippen molar-refractivity contribution in [3.05, 3.63) is 35.6 Å². The minimum atomic E-state index is -0.647. The van der Waals surface area contributed by atoms with E-state index in [2.05, 4.69) is 0 Å². The molecule has 4 nitrogen and oxygen atoms in total. The van der Waals surface area contributed by atoms with Crippen LogP contribution in [0.15, 0.2) is 28.7 Å². The van der Waals surface area contributed by atoms with Gasteiger partial charge in [0.05, 0.1) is 6.61 Å². The van der Waals surface area contributed by atoms with Crippen LogP contribution < -0.4 is 5.73 Å². The standard InChI is InChI=1S/C15H19NO3/c1-3-13-11(9-12(16)15(17)18-4-2)10-7-5-6-8-14(10)19-13/h5-8,12H,3-4,9,16H2,1-2H3. The molecule has 0 saturated heterocycles. The molecule has 0 aliphatic rings. The molecule has 1 atom stereocenters. The largest absolute Gasteiger partial charge is 0.465 e. The molecule has 0 bridgehead atoms. The second kappa shape index (κ2) is 5.89. The van der Waals surface area contributed by atoms with Gasteiger partial charge >= 0.3 is 5.97 Å². The molecule has 2 aromatic rings. The van der Waals surface area contributed by atoms with Crippen molar-refractivity contribution in [1.82, 2.24) is 0 Å². The van der Waals surface area contributed by atoms with Crippen molar-refractivity contribution >= 4 is 16.9 Å². The Morgan fingerprint density at radius 3 is 2.79 bits per heavy atom. The van der Waals surface area contributed by atoms with Crippen molar-refractivity contribution in [3.8, 4) is 0 Å². The SMILES string of the molecule is CCOC(=O)C(N)Cc1c(CC)oc2ccccc12. The lowest BCUT2D eigenvalue weighted by Crippen LogP contribution is -2.34. The highest BCUT2D eigenvalue weighted by Crippen LogP contribution is 2.27. The van der Waals surface area contributed by atoms with Gasteiger partial charge in [0.25, 0.3) is 0 Å². The van der Waals surface area contributed by atoms with Crippen LogP contribution in [-0.4, -0.2) is 18.6 Å². The van der Waals surface area contributed by atoms with Crippen LogP contribution in [0.1, 0.15) is 25.2 Å². The van der Waals surface area contributed by atoms with Gasteiger partial charge in [-0.05, 0) is 13.0 Å². The van der Waals surface area contributed by atoms with Crippen LogP contribution in [0.3, 0.4) is 0 Å². The van der Waals surface area contributed by atoms with Crippen LogP contribution in [0.25, 0.3) is 11.0 Å². The number of hydrogen-bond acceptors (Lipinski definition) is 4. The number of hydrogen-bond donors (Lipinski definition) is 1. The van der Waals surface area contributed by atoms with Crippen LogP contribution in [-0.2, 0) is 22.4 Å². The zero-order valence-corrected chi connectivity index (χ0v) is 11.3. The number of benzene rings is 1. The molecule has 1 aromatic carbocycles. The van der Waals surface area contributed by atoms with Gasteiger partial charge in [0.1, 0.15) is 17.4 Å². The molecule has 19 heavy (non-hydrogen) atoms. The molecule has 0 spiro atoms. The molecule has 0 saturated carbocycles. The van der Waals surface area contributed by atoms with Gasteiger partial charge in [-0.15, -0.1) is 0 Å². The summed E-state index contributed by atoms with van der Waals surface area (Å²) < 4.78 is 10.7. The summed E-state index contributed by atoms with van der Waals surface area (Å²) in [7, 11) is 0. The Morgan fingerprint density at radius 2 is 2.11 bits per heavy atom. The zero-order valence-electron chi connectivity index (χ0n) is 11.3. The molecule has 2 N–H and O–H groups in total. The van der Waals surface area contributed by atoms with Gasteiger partial charge in [-0.25, -0.2) is 0 Å². The number of fused-ring (bicyclic) bond motifs is 1. The molecule has 1 aromatic heterocycles. The predicted molar refractivity (Wildman–Crippen MR) is 73.9 cm³/mol. The first-order chi connectivity index (χ1) is 9.17. The molecule has 0 fully saturated rings. The van der Waals surface area contributed by atoms with E-state index in [-0.39, 0.29) is 5.97 Å². The number of aryl methyl sites for hydroxylation is 1. The summed E-state index contributed by atoms with van der Waals surface area (Å²) in [5.41, 5.74) is 7.74. The average molecular weight is 261 g/mol. The smallest absolute Gasteiger partial charge is 0.323 e. The molecule has 0 radical (unpaired) electrons. The Labute approximate surface area is 112 Å². The van der Waals surface area contributed by atoms with Crippen molar-refractivity contribution in [3.63, 3.8) is 0 Å². The minimum absolute atomic E-state index is 0.347. The number of nitrogens with two attached hydrogens (primary N) is 1. The Balaban J connectivity index is 2.30. The van der Waals surface area contributed by atoms with Crippen molar-refractivity contribution in [1.29, 1.82) is 0 Å². The number of para-hydroxylation sites is 1. The minimum Gasteiger partial charge on any atom is -0.465 e.